The van der Waals surface area contributed by atoms with Gasteiger partial charge in [0.15, 0.2) is 0 Å². The Morgan fingerprint density at radius 2 is 2.38 bits per heavy atom. The fraction of sp³-hybridized carbons (Fsp3) is 0.889. The Balaban J connectivity index is 1.94. The highest BCUT2D eigenvalue weighted by Gasteiger charge is 2.36. The molecule has 2 atom stereocenters. The summed E-state index contributed by atoms with van der Waals surface area (Å²) in [4.78, 5) is 13.0. The first-order valence-electron chi connectivity index (χ1n) is 4.94. The number of fused-ring (bicyclic) bond motifs is 1. The fourth-order valence-corrected chi connectivity index (χ4v) is 2.50. The summed E-state index contributed by atoms with van der Waals surface area (Å²) >= 11 is 0. The molecule has 0 radical (unpaired) electrons. The standard InChI is InChI=1S/C9H16N2O2/c12-9(13)5-7-1-3-11-4-2-10-6-8(7)11/h7-8,10H,1-6H2,(H,12,13). The maximum atomic E-state index is 10.6. The van der Waals surface area contributed by atoms with Crippen molar-refractivity contribution in [2.45, 2.75) is 18.9 Å². The van der Waals surface area contributed by atoms with E-state index in [1.54, 1.807) is 0 Å². The molecule has 0 aromatic rings. The number of hydrogen-bond acceptors (Lipinski definition) is 3. The van der Waals surface area contributed by atoms with Gasteiger partial charge in [0.05, 0.1) is 0 Å². The predicted molar refractivity (Wildman–Crippen MR) is 48.6 cm³/mol. The molecule has 2 N–H and O–H groups in total. The van der Waals surface area contributed by atoms with Gasteiger partial charge in [-0.2, -0.15) is 0 Å². The number of hydrogen-bond donors (Lipinski definition) is 2. The second-order valence-corrected chi connectivity index (χ2v) is 3.95. The third-order valence-corrected chi connectivity index (χ3v) is 3.17. The van der Waals surface area contributed by atoms with Gasteiger partial charge in [-0.1, -0.05) is 0 Å². The van der Waals surface area contributed by atoms with Crippen LogP contribution in [-0.4, -0.2) is 48.2 Å². The van der Waals surface area contributed by atoms with Crippen molar-refractivity contribution in [2.75, 3.05) is 26.2 Å². The molecule has 2 fully saturated rings. The zero-order valence-corrected chi connectivity index (χ0v) is 7.70. The van der Waals surface area contributed by atoms with E-state index in [0.717, 1.165) is 32.6 Å². The van der Waals surface area contributed by atoms with E-state index in [1.165, 1.54) is 0 Å². The Kier molecular flexibility index (Phi) is 2.51. The lowest BCUT2D eigenvalue weighted by atomic mass is 9.96. The van der Waals surface area contributed by atoms with Gasteiger partial charge in [0, 0.05) is 32.1 Å². The van der Waals surface area contributed by atoms with Crippen LogP contribution < -0.4 is 5.32 Å². The minimum absolute atomic E-state index is 0.336. The number of carboxylic acid groups (broad SMARTS) is 1. The van der Waals surface area contributed by atoms with Crippen molar-refractivity contribution >= 4 is 5.97 Å². The van der Waals surface area contributed by atoms with E-state index in [-0.39, 0.29) is 0 Å². The summed E-state index contributed by atoms with van der Waals surface area (Å²) < 4.78 is 0. The van der Waals surface area contributed by atoms with Crippen LogP contribution in [0.5, 0.6) is 0 Å². The lowest BCUT2D eigenvalue weighted by molar-refractivity contribution is -0.138. The highest BCUT2D eigenvalue weighted by Crippen LogP contribution is 2.27. The summed E-state index contributed by atoms with van der Waals surface area (Å²) in [5.74, 6) is -0.289. The van der Waals surface area contributed by atoms with Crippen molar-refractivity contribution < 1.29 is 9.90 Å². The highest BCUT2D eigenvalue weighted by molar-refractivity contribution is 5.67. The van der Waals surface area contributed by atoms with Gasteiger partial charge in [0.25, 0.3) is 0 Å². The van der Waals surface area contributed by atoms with Gasteiger partial charge < -0.3 is 10.4 Å². The Bertz CT molecular complexity index is 208. The van der Waals surface area contributed by atoms with E-state index < -0.39 is 5.97 Å². The van der Waals surface area contributed by atoms with Crippen LogP contribution in [0.1, 0.15) is 12.8 Å². The van der Waals surface area contributed by atoms with E-state index in [4.69, 9.17) is 5.11 Å². The summed E-state index contributed by atoms with van der Waals surface area (Å²) in [6.45, 7) is 4.19. The molecule has 0 aliphatic carbocycles. The molecule has 0 bridgehead atoms. The summed E-state index contributed by atoms with van der Waals surface area (Å²) in [7, 11) is 0. The Labute approximate surface area is 77.9 Å². The number of carboxylic acids is 1. The zero-order valence-electron chi connectivity index (χ0n) is 7.70. The lowest BCUT2D eigenvalue weighted by Crippen LogP contribution is -2.50. The van der Waals surface area contributed by atoms with Gasteiger partial charge in [-0.25, -0.2) is 0 Å². The molecule has 74 valence electrons. The monoisotopic (exact) mass is 184 g/mol. The van der Waals surface area contributed by atoms with Crippen LogP contribution in [0.4, 0.5) is 0 Å². The predicted octanol–water partition coefficient (Wildman–Crippen LogP) is -0.245. The molecule has 0 spiro atoms. The molecule has 2 heterocycles. The van der Waals surface area contributed by atoms with Gasteiger partial charge in [0.1, 0.15) is 0 Å². The molecule has 0 amide bonds. The van der Waals surface area contributed by atoms with Crippen LogP contribution in [0.25, 0.3) is 0 Å². The van der Waals surface area contributed by atoms with E-state index >= 15 is 0 Å². The topological polar surface area (TPSA) is 52.6 Å². The Morgan fingerprint density at radius 1 is 1.54 bits per heavy atom. The minimum Gasteiger partial charge on any atom is -0.481 e. The van der Waals surface area contributed by atoms with E-state index in [2.05, 4.69) is 10.2 Å². The first-order valence-corrected chi connectivity index (χ1v) is 4.94. The molecule has 4 nitrogen and oxygen atoms in total. The molecule has 13 heavy (non-hydrogen) atoms. The zero-order chi connectivity index (χ0) is 9.26. The first-order chi connectivity index (χ1) is 6.27. The normalized spacial score (nSPS) is 34.5. The molecular weight excluding hydrogens is 168 g/mol. The largest absolute Gasteiger partial charge is 0.481 e. The third-order valence-electron chi connectivity index (χ3n) is 3.17. The summed E-state index contributed by atoms with van der Waals surface area (Å²) in [6.07, 6.45) is 1.39. The quantitative estimate of drug-likeness (QED) is 0.621. The van der Waals surface area contributed by atoms with Gasteiger partial charge >= 0.3 is 5.97 Å². The summed E-state index contributed by atoms with van der Waals surface area (Å²) in [5, 5.41) is 12.1. The molecule has 4 heteroatoms. The molecule has 2 saturated heterocycles. The van der Waals surface area contributed by atoms with E-state index in [9.17, 15) is 4.79 Å². The molecular formula is C9H16N2O2. The number of nitrogens with zero attached hydrogens (tertiary/aromatic N) is 1. The van der Waals surface area contributed by atoms with Gasteiger partial charge in [0.2, 0.25) is 0 Å². The second-order valence-electron chi connectivity index (χ2n) is 3.95. The molecule has 0 saturated carbocycles. The highest BCUT2D eigenvalue weighted by atomic mass is 16.4. The van der Waals surface area contributed by atoms with Crippen molar-refractivity contribution in [1.82, 2.24) is 10.2 Å². The van der Waals surface area contributed by atoms with Crippen LogP contribution in [0.3, 0.4) is 0 Å². The van der Waals surface area contributed by atoms with Gasteiger partial charge in [-0.3, -0.25) is 9.69 Å². The number of carbonyl (C=O) groups is 1. The van der Waals surface area contributed by atoms with Gasteiger partial charge in [-0.05, 0) is 18.9 Å². The smallest absolute Gasteiger partial charge is 0.303 e. The summed E-state index contributed by atoms with van der Waals surface area (Å²) in [5.41, 5.74) is 0. The van der Waals surface area contributed by atoms with Crippen molar-refractivity contribution in [3.8, 4) is 0 Å². The first kappa shape index (κ1) is 8.97. The molecule has 2 aliphatic rings. The number of nitrogens with one attached hydrogen (secondary N) is 1. The number of aliphatic carboxylic acids is 1. The second kappa shape index (κ2) is 3.64. The van der Waals surface area contributed by atoms with Crippen LogP contribution in [-0.2, 0) is 4.79 Å². The SMILES string of the molecule is O=C(O)CC1CCN2CCNCC12. The average molecular weight is 184 g/mol. The third kappa shape index (κ3) is 1.84. The van der Waals surface area contributed by atoms with Crippen LogP contribution in [0.2, 0.25) is 0 Å². The van der Waals surface area contributed by atoms with Crippen molar-refractivity contribution in [1.29, 1.82) is 0 Å². The molecule has 2 unspecified atom stereocenters. The van der Waals surface area contributed by atoms with E-state index in [0.29, 0.717) is 18.4 Å². The van der Waals surface area contributed by atoms with Crippen molar-refractivity contribution in [3.63, 3.8) is 0 Å². The maximum Gasteiger partial charge on any atom is 0.303 e. The lowest BCUT2D eigenvalue weighted by Gasteiger charge is -2.32. The minimum atomic E-state index is -0.655. The van der Waals surface area contributed by atoms with Crippen molar-refractivity contribution in [3.05, 3.63) is 0 Å². The number of piperazine rings is 1. The molecule has 0 aromatic carbocycles. The number of rotatable bonds is 2. The Hall–Kier alpha value is -0.610. The van der Waals surface area contributed by atoms with Crippen molar-refractivity contribution in [2.24, 2.45) is 5.92 Å². The fourth-order valence-electron chi connectivity index (χ4n) is 2.50. The maximum absolute atomic E-state index is 10.6. The average Bonchev–Trinajstić information content (AvgIpc) is 2.48. The molecule has 2 rings (SSSR count). The van der Waals surface area contributed by atoms with Crippen LogP contribution >= 0.6 is 0 Å². The molecule has 2 aliphatic heterocycles. The van der Waals surface area contributed by atoms with E-state index in [1.807, 2.05) is 0 Å². The van der Waals surface area contributed by atoms with Gasteiger partial charge in [-0.15, -0.1) is 0 Å². The summed E-state index contributed by atoms with van der Waals surface area (Å²) in [6, 6.07) is 0.477. The van der Waals surface area contributed by atoms with Crippen LogP contribution in [0.15, 0.2) is 0 Å². The Morgan fingerprint density at radius 3 is 3.15 bits per heavy atom. The molecule has 0 aromatic heterocycles. The van der Waals surface area contributed by atoms with Crippen LogP contribution in [0, 0.1) is 5.92 Å².